The molecule has 0 saturated heterocycles. The first-order valence-corrected chi connectivity index (χ1v) is 5.36. The van der Waals surface area contributed by atoms with E-state index in [0.29, 0.717) is 0 Å². The molecule has 1 aromatic rings. The highest BCUT2D eigenvalue weighted by Gasteiger charge is 2.16. The van der Waals surface area contributed by atoms with Crippen molar-refractivity contribution < 1.29 is 18.3 Å². The fraction of sp³-hybridized carbons (Fsp3) is 0.300. The number of hydrogen-bond donors (Lipinski definition) is 1. The van der Waals surface area contributed by atoms with E-state index in [0.717, 1.165) is 0 Å². The standard InChI is InChI=1S/C10H10BrF2NO2/c1-5(11)9(15)7-3-2-6(4-8(7)14)16-10(12)13/h2-5,10H,14H2,1H3. The van der Waals surface area contributed by atoms with E-state index in [1.807, 2.05) is 0 Å². The van der Waals surface area contributed by atoms with Gasteiger partial charge in [-0.2, -0.15) is 8.78 Å². The van der Waals surface area contributed by atoms with Crippen molar-refractivity contribution in [1.29, 1.82) is 0 Å². The normalized spacial score (nSPS) is 12.6. The third-order valence-corrected chi connectivity index (χ3v) is 2.29. The number of carbonyl (C=O) groups is 1. The molecule has 16 heavy (non-hydrogen) atoms. The number of nitrogen functional groups attached to an aromatic ring is 1. The van der Waals surface area contributed by atoms with E-state index >= 15 is 0 Å². The lowest BCUT2D eigenvalue weighted by Crippen LogP contribution is -2.12. The molecule has 0 aliphatic heterocycles. The van der Waals surface area contributed by atoms with Crippen LogP contribution < -0.4 is 10.5 Å². The van der Waals surface area contributed by atoms with Gasteiger partial charge in [0.15, 0.2) is 5.78 Å². The Bertz CT molecular complexity index is 396. The molecule has 0 fully saturated rings. The van der Waals surface area contributed by atoms with E-state index in [9.17, 15) is 13.6 Å². The fourth-order valence-electron chi connectivity index (χ4n) is 1.16. The zero-order valence-corrected chi connectivity index (χ0v) is 10.0. The third-order valence-electron chi connectivity index (χ3n) is 1.87. The van der Waals surface area contributed by atoms with Gasteiger partial charge in [-0.05, 0) is 19.1 Å². The van der Waals surface area contributed by atoms with Crippen molar-refractivity contribution in [2.75, 3.05) is 5.73 Å². The van der Waals surface area contributed by atoms with Gasteiger partial charge in [-0.1, -0.05) is 15.9 Å². The highest BCUT2D eigenvalue weighted by atomic mass is 79.9. The molecule has 0 radical (unpaired) electrons. The quantitative estimate of drug-likeness (QED) is 0.528. The number of ketones is 1. The number of halogens is 3. The van der Waals surface area contributed by atoms with Crippen LogP contribution in [-0.4, -0.2) is 17.2 Å². The second kappa shape index (κ2) is 5.25. The van der Waals surface area contributed by atoms with Crippen LogP contribution in [0.4, 0.5) is 14.5 Å². The van der Waals surface area contributed by atoms with Crippen molar-refractivity contribution in [1.82, 2.24) is 0 Å². The number of benzene rings is 1. The van der Waals surface area contributed by atoms with Crippen LogP contribution in [0.2, 0.25) is 0 Å². The van der Waals surface area contributed by atoms with E-state index in [4.69, 9.17) is 5.73 Å². The van der Waals surface area contributed by atoms with Crippen LogP contribution in [0, 0.1) is 0 Å². The molecular weight excluding hydrogens is 284 g/mol. The SMILES string of the molecule is CC(Br)C(=O)c1ccc(OC(F)F)cc1N. The molecule has 1 unspecified atom stereocenters. The summed E-state index contributed by atoms with van der Waals surface area (Å²) in [5.74, 6) is -0.271. The molecular formula is C10H10BrF2NO2. The van der Waals surface area contributed by atoms with Gasteiger partial charge in [0.05, 0.1) is 4.83 Å². The second-order valence-electron chi connectivity index (χ2n) is 3.11. The van der Waals surface area contributed by atoms with Gasteiger partial charge in [0.25, 0.3) is 0 Å². The average molecular weight is 294 g/mol. The van der Waals surface area contributed by atoms with E-state index in [1.54, 1.807) is 6.92 Å². The summed E-state index contributed by atoms with van der Waals surface area (Å²) in [5, 5.41) is 0. The molecule has 0 bridgehead atoms. The molecule has 0 aromatic heterocycles. The maximum atomic E-state index is 11.9. The van der Waals surface area contributed by atoms with Crippen molar-refractivity contribution in [3.05, 3.63) is 23.8 Å². The maximum absolute atomic E-state index is 11.9. The number of alkyl halides is 3. The van der Waals surface area contributed by atoms with Crippen LogP contribution in [0.3, 0.4) is 0 Å². The number of nitrogens with two attached hydrogens (primary N) is 1. The number of anilines is 1. The molecule has 6 heteroatoms. The largest absolute Gasteiger partial charge is 0.435 e. The van der Waals surface area contributed by atoms with Gasteiger partial charge in [-0.25, -0.2) is 0 Å². The smallest absolute Gasteiger partial charge is 0.387 e. The van der Waals surface area contributed by atoms with Crippen LogP contribution in [0.25, 0.3) is 0 Å². The maximum Gasteiger partial charge on any atom is 0.387 e. The zero-order chi connectivity index (χ0) is 12.3. The summed E-state index contributed by atoms with van der Waals surface area (Å²) in [4.78, 5) is 11.2. The number of Topliss-reactive ketones (excluding diaryl/α,β-unsaturated/α-hetero) is 1. The van der Waals surface area contributed by atoms with Crippen LogP contribution >= 0.6 is 15.9 Å². The van der Waals surface area contributed by atoms with Crippen molar-refractivity contribution >= 4 is 27.4 Å². The lowest BCUT2D eigenvalue weighted by atomic mass is 10.1. The van der Waals surface area contributed by atoms with Crippen molar-refractivity contribution in [3.63, 3.8) is 0 Å². The third kappa shape index (κ3) is 3.16. The van der Waals surface area contributed by atoms with E-state index < -0.39 is 6.61 Å². The Balaban J connectivity index is 2.96. The Kier molecular flexibility index (Phi) is 4.23. The molecule has 1 aromatic carbocycles. The van der Waals surface area contributed by atoms with E-state index in [-0.39, 0.29) is 27.6 Å². The Morgan fingerprint density at radius 1 is 1.50 bits per heavy atom. The molecule has 0 aliphatic rings. The van der Waals surface area contributed by atoms with Gasteiger partial charge in [-0.3, -0.25) is 4.79 Å². The van der Waals surface area contributed by atoms with Crippen molar-refractivity contribution in [2.24, 2.45) is 0 Å². The Morgan fingerprint density at radius 2 is 2.12 bits per heavy atom. The minimum absolute atomic E-state index is 0.0636. The first-order valence-electron chi connectivity index (χ1n) is 4.44. The van der Waals surface area contributed by atoms with Crippen LogP contribution in [-0.2, 0) is 0 Å². The molecule has 1 rings (SSSR count). The average Bonchev–Trinajstić information content (AvgIpc) is 2.15. The summed E-state index contributed by atoms with van der Waals surface area (Å²) >= 11 is 3.11. The Morgan fingerprint density at radius 3 is 2.56 bits per heavy atom. The number of carbonyl (C=O) groups excluding carboxylic acids is 1. The van der Waals surface area contributed by atoms with Crippen LogP contribution in [0.1, 0.15) is 17.3 Å². The number of hydrogen-bond acceptors (Lipinski definition) is 3. The number of ether oxygens (including phenoxy) is 1. The summed E-state index contributed by atoms with van der Waals surface area (Å²) in [5.41, 5.74) is 5.97. The van der Waals surface area contributed by atoms with E-state index in [1.165, 1.54) is 18.2 Å². The molecule has 0 amide bonds. The monoisotopic (exact) mass is 293 g/mol. The highest BCUT2D eigenvalue weighted by molar-refractivity contribution is 9.10. The Hall–Kier alpha value is -1.17. The molecule has 2 N–H and O–H groups in total. The minimum Gasteiger partial charge on any atom is -0.435 e. The summed E-state index contributed by atoms with van der Waals surface area (Å²) in [6.07, 6.45) is 0. The van der Waals surface area contributed by atoms with Crippen LogP contribution in [0.5, 0.6) is 5.75 Å². The Labute approximate surface area is 99.7 Å². The topological polar surface area (TPSA) is 52.3 Å². The van der Waals surface area contributed by atoms with Gasteiger partial charge >= 0.3 is 6.61 Å². The summed E-state index contributed by atoms with van der Waals surface area (Å²) < 4.78 is 28.0. The van der Waals surface area contributed by atoms with Gasteiger partial charge in [0.2, 0.25) is 0 Å². The lowest BCUT2D eigenvalue weighted by molar-refractivity contribution is -0.0497. The summed E-state index contributed by atoms with van der Waals surface area (Å²) in [6.45, 7) is -1.25. The molecule has 0 heterocycles. The second-order valence-corrected chi connectivity index (χ2v) is 4.48. The predicted octanol–water partition coefficient (Wildman–Crippen LogP) is 2.84. The molecule has 1 atom stereocenters. The minimum atomic E-state index is -2.91. The molecule has 0 aliphatic carbocycles. The first kappa shape index (κ1) is 12.9. The molecule has 0 saturated carbocycles. The van der Waals surface area contributed by atoms with Gasteiger partial charge in [0, 0.05) is 17.3 Å². The van der Waals surface area contributed by atoms with E-state index in [2.05, 4.69) is 20.7 Å². The fourth-order valence-corrected chi connectivity index (χ4v) is 1.40. The first-order chi connectivity index (χ1) is 7.41. The molecule has 0 spiro atoms. The van der Waals surface area contributed by atoms with Crippen molar-refractivity contribution in [2.45, 2.75) is 18.4 Å². The predicted molar refractivity (Wildman–Crippen MR) is 60.2 cm³/mol. The van der Waals surface area contributed by atoms with Crippen LogP contribution in [0.15, 0.2) is 18.2 Å². The summed E-state index contributed by atoms with van der Waals surface area (Å²) in [7, 11) is 0. The van der Waals surface area contributed by atoms with Gasteiger partial charge in [-0.15, -0.1) is 0 Å². The van der Waals surface area contributed by atoms with Gasteiger partial charge < -0.3 is 10.5 Å². The number of rotatable bonds is 4. The lowest BCUT2D eigenvalue weighted by Gasteiger charge is -2.09. The zero-order valence-electron chi connectivity index (χ0n) is 8.41. The van der Waals surface area contributed by atoms with Gasteiger partial charge in [0.1, 0.15) is 5.75 Å². The van der Waals surface area contributed by atoms with Crippen molar-refractivity contribution in [3.8, 4) is 5.75 Å². The molecule has 88 valence electrons. The highest BCUT2D eigenvalue weighted by Crippen LogP contribution is 2.23. The summed E-state index contributed by atoms with van der Waals surface area (Å²) in [6, 6.07) is 3.85. The molecule has 3 nitrogen and oxygen atoms in total.